The van der Waals surface area contributed by atoms with Crippen LogP contribution in [0, 0.1) is 5.92 Å². The molecule has 1 rings (SSSR count). The summed E-state index contributed by atoms with van der Waals surface area (Å²) < 4.78 is 5.13. The highest BCUT2D eigenvalue weighted by Gasteiger charge is 2.37. The van der Waals surface area contributed by atoms with Crippen molar-refractivity contribution in [3.8, 4) is 0 Å². The number of carbonyl (C=O) groups excluding carboxylic acids is 1. The van der Waals surface area contributed by atoms with E-state index in [-0.39, 0.29) is 11.7 Å². The lowest BCUT2D eigenvalue weighted by Crippen LogP contribution is -2.34. The maximum Gasteiger partial charge on any atom is 0.407 e. The summed E-state index contributed by atoms with van der Waals surface area (Å²) in [5, 5.41) is 2.85. The third-order valence-electron chi connectivity index (χ3n) is 2.15. The van der Waals surface area contributed by atoms with Gasteiger partial charge in [-0.1, -0.05) is 13.3 Å². The number of ether oxygens (including phenoxy) is 1. The van der Waals surface area contributed by atoms with Gasteiger partial charge >= 0.3 is 6.09 Å². The number of hydrogen-bond donors (Lipinski definition) is 1. The van der Waals surface area contributed by atoms with Crippen molar-refractivity contribution in [2.75, 3.05) is 0 Å². The van der Waals surface area contributed by atoms with Crippen molar-refractivity contribution >= 4 is 6.09 Å². The van der Waals surface area contributed by atoms with Crippen LogP contribution < -0.4 is 5.32 Å². The molecule has 0 heterocycles. The smallest absolute Gasteiger partial charge is 0.407 e. The second kappa shape index (κ2) is 3.56. The zero-order valence-corrected chi connectivity index (χ0v) is 8.89. The van der Waals surface area contributed by atoms with Crippen LogP contribution in [0.3, 0.4) is 0 Å². The maximum absolute atomic E-state index is 11.2. The van der Waals surface area contributed by atoms with E-state index >= 15 is 0 Å². The second-order valence-electron chi connectivity index (χ2n) is 4.66. The maximum atomic E-state index is 11.2. The molecule has 0 aromatic heterocycles. The van der Waals surface area contributed by atoms with Gasteiger partial charge in [-0.15, -0.1) is 0 Å². The zero-order valence-electron chi connectivity index (χ0n) is 8.89. The van der Waals surface area contributed by atoms with Gasteiger partial charge in [0.15, 0.2) is 0 Å². The Morgan fingerprint density at radius 2 is 2.15 bits per heavy atom. The summed E-state index contributed by atoms with van der Waals surface area (Å²) >= 11 is 0. The number of carbonyl (C=O) groups is 1. The fourth-order valence-electron chi connectivity index (χ4n) is 1.33. The Morgan fingerprint density at radius 1 is 1.54 bits per heavy atom. The number of hydrogen-bond acceptors (Lipinski definition) is 2. The van der Waals surface area contributed by atoms with Crippen LogP contribution in [-0.2, 0) is 4.74 Å². The van der Waals surface area contributed by atoms with Gasteiger partial charge in [-0.05, 0) is 33.1 Å². The van der Waals surface area contributed by atoms with Crippen LogP contribution in [0.5, 0.6) is 0 Å². The molecule has 0 bridgehead atoms. The number of alkyl carbamates (subject to hydrolysis) is 1. The van der Waals surface area contributed by atoms with Crippen molar-refractivity contribution in [3.63, 3.8) is 0 Å². The van der Waals surface area contributed by atoms with E-state index in [1.807, 2.05) is 20.8 Å². The van der Waals surface area contributed by atoms with E-state index in [9.17, 15) is 4.79 Å². The van der Waals surface area contributed by atoms with Crippen LogP contribution in [-0.4, -0.2) is 17.7 Å². The first-order chi connectivity index (χ1) is 5.92. The normalized spacial score (nSPS) is 26.8. The molecule has 1 aliphatic carbocycles. The van der Waals surface area contributed by atoms with Gasteiger partial charge in [0.05, 0.1) is 0 Å². The summed E-state index contributed by atoms with van der Waals surface area (Å²) in [4.78, 5) is 11.2. The largest absolute Gasteiger partial charge is 0.444 e. The Hall–Kier alpha value is -0.730. The van der Waals surface area contributed by atoms with Crippen molar-refractivity contribution in [1.82, 2.24) is 5.32 Å². The van der Waals surface area contributed by atoms with Crippen LogP contribution in [0.15, 0.2) is 0 Å². The SMILES string of the molecule is CC[C@@H]1C[C@H]1NC(=O)OC(C)(C)C. The minimum Gasteiger partial charge on any atom is -0.444 e. The third-order valence-corrected chi connectivity index (χ3v) is 2.15. The first-order valence-corrected chi connectivity index (χ1v) is 4.92. The Morgan fingerprint density at radius 3 is 2.54 bits per heavy atom. The van der Waals surface area contributed by atoms with Gasteiger partial charge < -0.3 is 10.1 Å². The predicted octanol–water partition coefficient (Wildman–Crippen LogP) is 2.31. The molecule has 0 radical (unpaired) electrons. The molecule has 0 aromatic rings. The van der Waals surface area contributed by atoms with Gasteiger partial charge in [0.25, 0.3) is 0 Å². The summed E-state index contributed by atoms with van der Waals surface area (Å²) in [5.74, 6) is 0.674. The van der Waals surface area contributed by atoms with Crippen molar-refractivity contribution in [2.45, 2.75) is 52.2 Å². The fourth-order valence-corrected chi connectivity index (χ4v) is 1.33. The van der Waals surface area contributed by atoms with Gasteiger partial charge in [0.2, 0.25) is 0 Å². The van der Waals surface area contributed by atoms with Crippen molar-refractivity contribution in [1.29, 1.82) is 0 Å². The number of amides is 1. The monoisotopic (exact) mass is 185 g/mol. The Labute approximate surface area is 79.8 Å². The standard InChI is InChI=1S/C10H19NO2/c1-5-7-6-8(7)11-9(12)13-10(2,3)4/h7-8H,5-6H2,1-4H3,(H,11,12)/t7-,8-/m1/s1. The van der Waals surface area contributed by atoms with Crippen LogP contribution in [0.2, 0.25) is 0 Å². The summed E-state index contributed by atoms with van der Waals surface area (Å²) in [5.41, 5.74) is -0.388. The minimum absolute atomic E-state index is 0.284. The predicted molar refractivity (Wildman–Crippen MR) is 51.6 cm³/mol. The summed E-state index contributed by atoms with van der Waals surface area (Å²) in [6.45, 7) is 7.76. The molecule has 1 amide bonds. The molecule has 0 unspecified atom stereocenters. The van der Waals surface area contributed by atoms with Gasteiger partial charge in [0.1, 0.15) is 5.60 Å². The lowest BCUT2D eigenvalue weighted by atomic mass is 10.2. The molecule has 2 atom stereocenters. The van der Waals surface area contributed by atoms with Gasteiger partial charge in [0, 0.05) is 6.04 Å². The summed E-state index contributed by atoms with van der Waals surface area (Å²) in [7, 11) is 0. The van der Waals surface area contributed by atoms with E-state index in [0.717, 1.165) is 12.8 Å². The number of nitrogens with one attached hydrogen (secondary N) is 1. The molecule has 0 spiro atoms. The van der Waals surface area contributed by atoms with Crippen LogP contribution in [0.25, 0.3) is 0 Å². The summed E-state index contributed by atoms with van der Waals surface area (Å²) in [6.07, 6.45) is 1.96. The van der Waals surface area contributed by atoms with Crippen molar-refractivity contribution in [3.05, 3.63) is 0 Å². The quantitative estimate of drug-likeness (QED) is 0.717. The van der Waals surface area contributed by atoms with E-state index in [4.69, 9.17) is 4.74 Å². The third kappa shape index (κ3) is 3.66. The Kier molecular flexibility index (Phi) is 2.84. The Balaban J connectivity index is 2.20. The molecule has 0 aliphatic heterocycles. The molecule has 13 heavy (non-hydrogen) atoms. The van der Waals surface area contributed by atoms with E-state index in [2.05, 4.69) is 12.2 Å². The van der Waals surface area contributed by atoms with Crippen LogP contribution in [0.4, 0.5) is 4.79 Å². The van der Waals surface area contributed by atoms with E-state index in [1.165, 1.54) is 0 Å². The van der Waals surface area contributed by atoms with Crippen molar-refractivity contribution in [2.24, 2.45) is 5.92 Å². The fraction of sp³-hybridized carbons (Fsp3) is 0.900. The topological polar surface area (TPSA) is 38.3 Å². The molecule has 3 heteroatoms. The van der Waals surface area contributed by atoms with Crippen LogP contribution >= 0.6 is 0 Å². The molecular formula is C10H19NO2. The molecule has 0 saturated heterocycles. The van der Waals surface area contributed by atoms with Gasteiger partial charge in [-0.3, -0.25) is 0 Å². The van der Waals surface area contributed by atoms with E-state index in [0.29, 0.717) is 12.0 Å². The van der Waals surface area contributed by atoms with Crippen molar-refractivity contribution < 1.29 is 9.53 Å². The highest BCUT2D eigenvalue weighted by atomic mass is 16.6. The first-order valence-electron chi connectivity index (χ1n) is 4.92. The highest BCUT2D eigenvalue weighted by molar-refractivity contribution is 5.68. The van der Waals surface area contributed by atoms with Gasteiger partial charge in [-0.25, -0.2) is 4.79 Å². The van der Waals surface area contributed by atoms with E-state index in [1.54, 1.807) is 0 Å². The molecule has 3 nitrogen and oxygen atoms in total. The molecule has 1 saturated carbocycles. The second-order valence-corrected chi connectivity index (χ2v) is 4.66. The average Bonchev–Trinajstić information content (AvgIpc) is 2.62. The van der Waals surface area contributed by atoms with E-state index < -0.39 is 0 Å². The summed E-state index contributed by atoms with van der Waals surface area (Å²) in [6, 6.07) is 0.361. The average molecular weight is 185 g/mol. The van der Waals surface area contributed by atoms with Gasteiger partial charge in [-0.2, -0.15) is 0 Å². The lowest BCUT2D eigenvalue weighted by molar-refractivity contribution is 0.0521. The number of rotatable bonds is 2. The lowest BCUT2D eigenvalue weighted by Gasteiger charge is -2.19. The zero-order chi connectivity index (χ0) is 10.1. The highest BCUT2D eigenvalue weighted by Crippen LogP contribution is 2.33. The molecule has 76 valence electrons. The molecule has 0 aromatic carbocycles. The minimum atomic E-state index is -0.388. The molecule has 1 aliphatic rings. The molecular weight excluding hydrogens is 166 g/mol. The molecule has 1 fully saturated rings. The first kappa shape index (κ1) is 10.4. The molecule has 1 N–H and O–H groups in total. The van der Waals surface area contributed by atoms with Crippen LogP contribution in [0.1, 0.15) is 40.5 Å². The Bertz CT molecular complexity index is 196.